The summed E-state index contributed by atoms with van der Waals surface area (Å²) < 4.78 is 18.8. The topological polar surface area (TPSA) is 60.0 Å². The van der Waals surface area contributed by atoms with Crippen LogP contribution in [0.25, 0.3) is 0 Å². The van der Waals surface area contributed by atoms with Crippen molar-refractivity contribution in [3.63, 3.8) is 0 Å². The Morgan fingerprint density at radius 2 is 1.41 bits per heavy atom. The first-order valence-corrected chi connectivity index (χ1v) is 14.3. The third kappa shape index (κ3) is 9.06. The van der Waals surface area contributed by atoms with Crippen molar-refractivity contribution >= 4 is 31.8 Å². The largest absolute Gasteiger partial charge is 0.501 e. The highest BCUT2D eigenvalue weighted by atomic mass is 28.4. The van der Waals surface area contributed by atoms with Crippen molar-refractivity contribution < 1.29 is 18.1 Å². The first kappa shape index (κ1) is 27.8. The molecule has 0 aliphatic carbocycles. The molecule has 0 unspecified atom stereocenters. The van der Waals surface area contributed by atoms with Gasteiger partial charge in [-0.3, -0.25) is 4.79 Å². The summed E-state index contributed by atoms with van der Waals surface area (Å²) >= 11 is 0. The average molecular weight is 485 g/mol. The van der Waals surface area contributed by atoms with Crippen molar-refractivity contribution in [2.45, 2.75) is 52.5 Å². The second-order valence-corrected chi connectivity index (χ2v) is 10.8. The number of nitrogens with zero attached hydrogens (tertiary/aromatic N) is 1. The number of amides is 1. The van der Waals surface area contributed by atoms with Gasteiger partial charge in [-0.1, -0.05) is 45.5 Å². The van der Waals surface area contributed by atoms with E-state index in [0.717, 1.165) is 55.3 Å². The molecule has 0 aliphatic rings. The quantitative estimate of drug-likeness (QED) is 0.204. The Morgan fingerprint density at radius 3 is 1.91 bits per heavy atom. The Morgan fingerprint density at radius 1 is 0.882 bits per heavy atom. The van der Waals surface area contributed by atoms with Crippen LogP contribution in [0.4, 0.5) is 17.1 Å². The summed E-state index contributed by atoms with van der Waals surface area (Å²) in [5, 5.41) is 2.80. The molecule has 186 valence electrons. The van der Waals surface area contributed by atoms with Gasteiger partial charge in [0.25, 0.3) is 0 Å². The van der Waals surface area contributed by atoms with Gasteiger partial charge in [-0.2, -0.15) is 0 Å². The highest BCUT2D eigenvalue weighted by Gasteiger charge is 2.40. The summed E-state index contributed by atoms with van der Waals surface area (Å²) in [5.41, 5.74) is 2.89. The first-order valence-electron chi connectivity index (χ1n) is 12.3. The van der Waals surface area contributed by atoms with E-state index in [1.54, 1.807) is 0 Å². The second-order valence-electron chi connectivity index (χ2n) is 8.06. The molecule has 2 aromatic carbocycles. The number of anilines is 3. The third-order valence-corrected chi connectivity index (χ3v) is 8.04. The fourth-order valence-electron chi connectivity index (χ4n) is 3.50. The van der Waals surface area contributed by atoms with Gasteiger partial charge in [0.2, 0.25) is 5.91 Å². The number of para-hydroxylation sites is 1. The van der Waals surface area contributed by atoms with Crippen LogP contribution in [0, 0.1) is 0 Å². The third-order valence-electron chi connectivity index (χ3n) is 5.14. The standard InChI is InChI=1S/C27H40N2O4Si/c1-5-20-31-34(32-21-6-2,33-22-7-3)23-12-19-29(25-13-10-9-11-14-25)26-17-15-24(16-18-26)28-27(30)8-4/h8-11,13-18H,4-7,12,19-23H2,1-3H3,(H,28,30). The predicted molar refractivity (Wildman–Crippen MR) is 143 cm³/mol. The van der Waals surface area contributed by atoms with E-state index in [2.05, 4.69) is 49.7 Å². The molecule has 1 amide bonds. The van der Waals surface area contributed by atoms with Crippen molar-refractivity contribution in [2.75, 3.05) is 36.6 Å². The Bertz CT molecular complexity index is 824. The maximum atomic E-state index is 11.6. The van der Waals surface area contributed by atoms with Gasteiger partial charge in [0.05, 0.1) is 0 Å². The molecule has 34 heavy (non-hydrogen) atoms. The van der Waals surface area contributed by atoms with Crippen molar-refractivity contribution in [3.8, 4) is 0 Å². The zero-order valence-corrected chi connectivity index (χ0v) is 21.9. The molecular formula is C27H40N2O4Si. The number of benzene rings is 2. The Balaban J connectivity index is 2.18. The number of hydrogen-bond acceptors (Lipinski definition) is 5. The lowest BCUT2D eigenvalue weighted by Gasteiger charge is -2.31. The van der Waals surface area contributed by atoms with E-state index in [4.69, 9.17) is 13.3 Å². The van der Waals surface area contributed by atoms with Crippen LogP contribution in [0.2, 0.25) is 6.04 Å². The molecule has 2 rings (SSSR count). The van der Waals surface area contributed by atoms with E-state index < -0.39 is 8.80 Å². The lowest BCUT2D eigenvalue weighted by molar-refractivity contribution is -0.111. The van der Waals surface area contributed by atoms with Crippen LogP contribution in [0.3, 0.4) is 0 Å². The first-order chi connectivity index (χ1) is 16.6. The van der Waals surface area contributed by atoms with E-state index in [9.17, 15) is 4.79 Å². The summed E-state index contributed by atoms with van der Waals surface area (Å²) in [6, 6.07) is 18.9. The lowest BCUT2D eigenvalue weighted by Crippen LogP contribution is -2.47. The Hall–Kier alpha value is -2.45. The number of carbonyl (C=O) groups is 1. The van der Waals surface area contributed by atoms with Crippen molar-refractivity contribution in [1.29, 1.82) is 0 Å². The summed E-state index contributed by atoms with van der Waals surface area (Å²) in [6.07, 6.45) is 4.94. The van der Waals surface area contributed by atoms with Crippen LogP contribution >= 0.6 is 0 Å². The van der Waals surface area contributed by atoms with Gasteiger partial charge in [0.15, 0.2) is 0 Å². The molecule has 0 aromatic heterocycles. The van der Waals surface area contributed by atoms with Gasteiger partial charge >= 0.3 is 8.80 Å². The van der Waals surface area contributed by atoms with Crippen LogP contribution in [0.5, 0.6) is 0 Å². The molecule has 0 heterocycles. The predicted octanol–water partition coefficient (Wildman–Crippen LogP) is 6.56. The number of nitrogens with one attached hydrogen (secondary N) is 1. The highest BCUT2D eigenvalue weighted by molar-refractivity contribution is 6.60. The van der Waals surface area contributed by atoms with E-state index in [-0.39, 0.29) is 5.91 Å². The van der Waals surface area contributed by atoms with Gasteiger partial charge in [-0.05, 0) is 68.2 Å². The number of hydrogen-bond donors (Lipinski definition) is 1. The minimum Gasteiger partial charge on any atom is -0.373 e. The van der Waals surface area contributed by atoms with Gasteiger partial charge < -0.3 is 23.5 Å². The molecule has 0 saturated heterocycles. The van der Waals surface area contributed by atoms with Crippen LogP contribution < -0.4 is 10.2 Å². The lowest BCUT2D eigenvalue weighted by atomic mass is 10.2. The molecule has 0 radical (unpaired) electrons. The molecule has 0 bridgehead atoms. The molecule has 0 aliphatic heterocycles. The normalized spacial score (nSPS) is 11.3. The Kier molecular flexibility index (Phi) is 12.6. The summed E-state index contributed by atoms with van der Waals surface area (Å²) in [4.78, 5) is 13.9. The maximum absolute atomic E-state index is 11.6. The smallest absolute Gasteiger partial charge is 0.373 e. The van der Waals surface area contributed by atoms with Gasteiger partial charge in [0, 0.05) is 49.5 Å². The summed E-state index contributed by atoms with van der Waals surface area (Å²) in [6.45, 7) is 12.6. The van der Waals surface area contributed by atoms with Crippen molar-refractivity contribution in [3.05, 3.63) is 67.3 Å². The fraction of sp³-hybridized carbons (Fsp3) is 0.444. The molecule has 6 nitrogen and oxygen atoms in total. The zero-order chi connectivity index (χ0) is 24.7. The maximum Gasteiger partial charge on any atom is 0.501 e. The summed E-state index contributed by atoms with van der Waals surface area (Å²) in [7, 11) is -2.74. The SMILES string of the molecule is C=CC(=O)Nc1ccc(N(CCC[Si](OCCC)(OCCC)OCCC)c2ccccc2)cc1. The minimum absolute atomic E-state index is 0.222. The molecule has 0 atom stereocenters. The average Bonchev–Trinajstić information content (AvgIpc) is 2.88. The molecule has 0 fully saturated rings. The highest BCUT2D eigenvalue weighted by Crippen LogP contribution is 2.28. The Labute approximate surface area is 206 Å². The van der Waals surface area contributed by atoms with Gasteiger partial charge in [-0.15, -0.1) is 0 Å². The second kappa shape index (κ2) is 15.4. The number of carbonyl (C=O) groups excluding carboxylic acids is 1. The van der Waals surface area contributed by atoms with E-state index in [1.165, 1.54) is 6.08 Å². The molecular weight excluding hydrogens is 444 g/mol. The van der Waals surface area contributed by atoms with Crippen molar-refractivity contribution in [2.24, 2.45) is 0 Å². The summed E-state index contributed by atoms with van der Waals surface area (Å²) in [5.74, 6) is -0.222. The van der Waals surface area contributed by atoms with E-state index in [0.29, 0.717) is 19.8 Å². The number of rotatable bonds is 17. The molecule has 0 saturated carbocycles. The minimum atomic E-state index is -2.74. The van der Waals surface area contributed by atoms with E-state index >= 15 is 0 Å². The molecule has 7 heteroatoms. The zero-order valence-electron chi connectivity index (χ0n) is 20.9. The molecule has 1 N–H and O–H groups in total. The van der Waals surface area contributed by atoms with Crippen LogP contribution in [0.1, 0.15) is 46.5 Å². The van der Waals surface area contributed by atoms with E-state index in [1.807, 2.05) is 42.5 Å². The van der Waals surface area contributed by atoms with Gasteiger partial charge in [-0.25, -0.2) is 0 Å². The molecule has 0 spiro atoms. The fourth-order valence-corrected chi connectivity index (χ4v) is 6.32. The van der Waals surface area contributed by atoms with Gasteiger partial charge in [0.1, 0.15) is 0 Å². The monoisotopic (exact) mass is 484 g/mol. The van der Waals surface area contributed by atoms with Crippen LogP contribution in [-0.4, -0.2) is 41.1 Å². The van der Waals surface area contributed by atoms with Crippen molar-refractivity contribution in [1.82, 2.24) is 0 Å². The molecule has 2 aromatic rings. The van der Waals surface area contributed by atoms with Crippen LogP contribution in [-0.2, 0) is 18.1 Å². The van der Waals surface area contributed by atoms with Crippen LogP contribution in [0.15, 0.2) is 67.3 Å².